The Morgan fingerprint density at radius 1 is 1.20 bits per heavy atom. The summed E-state index contributed by atoms with van der Waals surface area (Å²) in [5.41, 5.74) is 2.97. The number of hydrogen-bond donors (Lipinski definition) is 2. The molecule has 0 aliphatic rings. The van der Waals surface area contributed by atoms with Gasteiger partial charge in [0.1, 0.15) is 0 Å². The van der Waals surface area contributed by atoms with E-state index >= 15 is 0 Å². The van der Waals surface area contributed by atoms with E-state index in [0.717, 1.165) is 0 Å². The Morgan fingerprint density at radius 2 is 1.73 bits per heavy atom. The highest BCUT2D eigenvalue weighted by molar-refractivity contribution is 5.85. The van der Waals surface area contributed by atoms with E-state index in [1.807, 2.05) is 13.8 Å². The van der Waals surface area contributed by atoms with Crippen LogP contribution in [0.25, 0.3) is 0 Å². The van der Waals surface area contributed by atoms with Gasteiger partial charge in [0.25, 0.3) is 0 Å². The van der Waals surface area contributed by atoms with Crippen LogP contribution >= 0.6 is 0 Å². The number of hydrogen-bond acceptors (Lipinski definition) is 2. The largest absolute Gasteiger partial charge is 0.472 e. The van der Waals surface area contributed by atoms with Gasteiger partial charge in [0.2, 0.25) is 5.91 Å². The average Bonchev–Trinajstić information content (AvgIpc) is 2.09. The zero-order valence-electron chi connectivity index (χ0n) is 8.44. The Hall–Kier alpha value is -1.27. The number of rotatable bonds is 3. The minimum absolute atomic E-state index is 0.0792. The third-order valence-corrected chi connectivity index (χ3v) is 1.52. The van der Waals surface area contributed by atoms with Gasteiger partial charge >= 0.3 is 12.1 Å². The molecule has 0 saturated carbocycles. The lowest BCUT2D eigenvalue weighted by Gasteiger charge is -2.09. The van der Waals surface area contributed by atoms with Gasteiger partial charge in [-0.25, -0.2) is 0 Å². The molecule has 2 amide bonds. The van der Waals surface area contributed by atoms with Crippen molar-refractivity contribution in [3.8, 4) is 0 Å². The summed E-state index contributed by atoms with van der Waals surface area (Å²) < 4.78 is 35.0. The van der Waals surface area contributed by atoms with Crippen molar-refractivity contribution in [2.75, 3.05) is 0 Å². The first-order valence-electron chi connectivity index (χ1n) is 4.39. The highest BCUT2D eigenvalue weighted by Gasteiger charge is 2.38. The molecule has 0 aromatic carbocycles. The molecule has 0 spiro atoms. The van der Waals surface area contributed by atoms with E-state index in [1.54, 1.807) is 5.43 Å². The van der Waals surface area contributed by atoms with Crippen LogP contribution in [0.15, 0.2) is 0 Å². The summed E-state index contributed by atoms with van der Waals surface area (Å²) in [6.07, 6.45) is -4.35. The van der Waals surface area contributed by atoms with Gasteiger partial charge in [0, 0.05) is 6.42 Å². The average molecular weight is 226 g/mol. The molecule has 0 bridgehead atoms. The van der Waals surface area contributed by atoms with E-state index in [-0.39, 0.29) is 12.3 Å². The van der Waals surface area contributed by atoms with Crippen LogP contribution in [-0.2, 0) is 9.59 Å². The Kier molecular flexibility index (Phi) is 5.10. The number of nitrogens with one attached hydrogen (secondary N) is 2. The molecule has 0 saturated heterocycles. The monoisotopic (exact) mass is 226 g/mol. The summed E-state index contributed by atoms with van der Waals surface area (Å²) in [4.78, 5) is 21.1. The molecule has 0 unspecified atom stereocenters. The zero-order valence-corrected chi connectivity index (χ0v) is 8.44. The number of alkyl halides is 3. The first kappa shape index (κ1) is 13.7. The van der Waals surface area contributed by atoms with Crippen molar-refractivity contribution in [1.82, 2.24) is 10.9 Å². The van der Waals surface area contributed by atoms with Gasteiger partial charge in [0.15, 0.2) is 0 Å². The van der Waals surface area contributed by atoms with Crippen LogP contribution in [0, 0.1) is 5.92 Å². The second-order valence-electron chi connectivity index (χ2n) is 3.43. The first-order valence-corrected chi connectivity index (χ1v) is 4.39. The van der Waals surface area contributed by atoms with Gasteiger partial charge < -0.3 is 0 Å². The molecule has 0 aliphatic heterocycles. The van der Waals surface area contributed by atoms with Crippen molar-refractivity contribution in [3.63, 3.8) is 0 Å². The van der Waals surface area contributed by atoms with Gasteiger partial charge in [0.05, 0.1) is 0 Å². The normalized spacial score (nSPS) is 11.3. The lowest BCUT2D eigenvalue weighted by atomic mass is 10.1. The van der Waals surface area contributed by atoms with Gasteiger partial charge in [-0.1, -0.05) is 13.8 Å². The van der Waals surface area contributed by atoms with E-state index in [1.165, 1.54) is 5.43 Å². The van der Waals surface area contributed by atoms with Crippen LogP contribution in [0.5, 0.6) is 0 Å². The highest BCUT2D eigenvalue weighted by atomic mass is 19.4. The van der Waals surface area contributed by atoms with Crippen molar-refractivity contribution >= 4 is 11.8 Å². The fraction of sp³-hybridized carbons (Fsp3) is 0.750. The smallest absolute Gasteiger partial charge is 0.273 e. The van der Waals surface area contributed by atoms with E-state index in [0.29, 0.717) is 6.42 Å². The third-order valence-electron chi connectivity index (χ3n) is 1.52. The summed E-state index contributed by atoms with van der Waals surface area (Å²) in [5, 5.41) is 0. The molecule has 0 radical (unpaired) electrons. The zero-order chi connectivity index (χ0) is 12.1. The molecule has 88 valence electrons. The van der Waals surface area contributed by atoms with Crippen molar-refractivity contribution < 1.29 is 22.8 Å². The van der Waals surface area contributed by atoms with Crippen LogP contribution in [-0.4, -0.2) is 18.0 Å². The minimum atomic E-state index is -4.98. The first-order chi connectivity index (χ1) is 6.73. The fourth-order valence-electron chi connectivity index (χ4n) is 0.680. The summed E-state index contributed by atoms with van der Waals surface area (Å²) in [6.45, 7) is 3.75. The molecule has 0 rings (SSSR count). The van der Waals surface area contributed by atoms with E-state index in [9.17, 15) is 22.8 Å². The summed E-state index contributed by atoms with van der Waals surface area (Å²) in [5.74, 6) is -2.55. The standard InChI is InChI=1S/C8H13F3N2O2/c1-5(2)3-4-6(14)12-13-7(15)8(9,10)11/h5H,3-4H2,1-2H3,(H,12,14)(H,13,15). The number of carbonyl (C=O) groups excluding carboxylic acids is 2. The van der Waals surface area contributed by atoms with Crippen molar-refractivity contribution in [3.05, 3.63) is 0 Å². The Balaban J connectivity index is 3.77. The number of amides is 2. The van der Waals surface area contributed by atoms with Crippen molar-refractivity contribution in [2.24, 2.45) is 5.92 Å². The second kappa shape index (κ2) is 5.57. The predicted molar refractivity (Wildman–Crippen MR) is 46.4 cm³/mol. The molecule has 0 aromatic rings. The maximum Gasteiger partial charge on any atom is 0.472 e. The summed E-state index contributed by atoms with van der Waals surface area (Å²) in [7, 11) is 0. The van der Waals surface area contributed by atoms with Crippen LogP contribution in [0.4, 0.5) is 13.2 Å². The van der Waals surface area contributed by atoms with E-state index < -0.39 is 18.0 Å². The lowest BCUT2D eigenvalue weighted by molar-refractivity contribution is -0.175. The second-order valence-corrected chi connectivity index (χ2v) is 3.43. The van der Waals surface area contributed by atoms with Crippen LogP contribution in [0.1, 0.15) is 26.7 Å². The number of carbonyl (C=O) groups is 2. The molecule has 0 fully saturated rings. The maximum atomic E-state index is 11.7. The van der Waals surface area contributed by atoms with E-state index in [2.05, 4.69) is 0 Å². The number of hydrazine groups is 1. The number of halogens is 3. The summed E-state index contributed by atoms with van der Waals surface area (Å²) in [6, 6.07) is 0. The molecule has 2 N–H and O–H groups in total. The predicted octanol–water partition coefficient (Wildman–Crippen LogP) is 1.13. The Bertz CT molecular complexity index is 239. The molecule has 7 heteroatoms. The molecule has 0 aliphatic carbocycles. The fourth-order valence-corrected chi connectivity index (χ4v) is 0.680. The minimum Gasteiger partial charge on any atom is -0.273 e. The molecule has 4 nitrogen and oxygen atoms in total. The van der Waals surface area contributed by atoms with Crippen LogP contribution < -0.4 is 10.9 Å². The SMILES string of the molecule is CC(C)CCC(=O)NNC(=O)C(F)(F)F. The topological polar surface area (TPSA) is 58.2 Å². The van der Waals surface area contributed by atoms with Gasteiger partial charge in [-0.2, -0.15) is 13.2 Å². The molecule has 0 atom stereocenters. The van der Waals surface area contributed by atoms with Gasteiger partial charge in [-0.15, -0.1) is 0 Å². The Labute approximate surface area is 85.2 Å². The molecule has 0 aromatic heterocycles. The molecule has 15 heavy (non-hydrogen) atoms. The molecular formula is C8H13F3N2O2. The summed E-state index contributed by atoms with van der Waals surface area (Å²) >= 11 is 0. The van der Waals surface area contributed by atoms with Crippen LogP contribution in [0.3, 0.4) is 0 Å². The highest BCUT2D eigenvalue weighted by Crippen LogP contribution is 2.13. The van der Waals surface area contributed by atoms with Crippen molar-refractivity contribution in [2.45, 2.75) is 32.9 Å². The maximum absolute atomic E-state index is 11.7. The molecular weight excluding hydrogens is 213 g/mol. The Morgan fingerprint density at radius 3 is 2.13 bits per heavy atom. The van der Waals surface area contributed by atoms with E-state index in [4.69, 9.17) is 0 Å². The van der Waals surface area contributed by atoms with Crippen LogP contribution in [0.2, 0.25) is 0 Å². The third kappa shape index (κ3) is 6.75. The van der Waals surface area contributed by atoms with Gasteiger partial charge in [-0.05, 0) is 12.3 Å². The lowest BCUT2D eigenvalue weighted by Crippen LogP contribution is -2.47. The van der Waals surface area contributed by atoms with Gasteiger partial charge in [-0.3, -0.25) is 20.4 Å². The molecule has 0 heterocycles. The quantitative estimate of drug-likeness (QED) is 0.709. The van der Waals surface area contributed by atoms with Crippen molar-refractivity contribution in [1.29, 1.82) is 0 Å².